The SMILES string of the molecule is CC(C)c1ncc(N)c(C(=O)NCc2ccccc2Br)n1. The van der Waals surface area contributed by atoms with Crippen LogP contribution in [0.4, 0.5) is 5.69 Å². The third-order valence-electron chi connectivity index (χ3n) is 2.96. The number of aromatic nitrogens is 2. The molecule has 3 N–H and O–H groups in total. The largest absolute Gasteiger partial charge is 0.396 e. The maximum absolute atomic E-state index is 12.2. The molecule has 1 aromatic heterocycles. The molecule has 110 valence electrons. The van der Waals surface area contributed by atoms with Crippen LogP contribution in [-0.4, -0.2) is 15.9 Å². The van der Waals surface area contributed by atoms with Crippen molar-refractivity contribution in [3.8, 4) is 0 Å². The van der Waals surface area contributed by atoms with Gasteiger partial charge in [-0.25, -0.2) is 9.97 Å². The van der Waals surface area contributed by atoms with E-state index in [9.17, 15) is 4.79 Å². The van der Waals surface area contributed by atoms with Crippen LogP contribution in [0.3, 0.4) is 0 Å². The molecular formula is C15H17BrN4O. The Bertz CT molecular complexity index is 658. The molecule has 0 bridgehead atoms. The molecule has 0 saturated heterocycles. The van der Waals surface area contributed by atoms with Crippen molar-refractivity contribution in [3.63, 3.8) is 0 Å². The van der Waals surface area contributed by atoms with Gasteiger partial charge in [-0.3, -0.25) is 4.79 Å². The second-order valence-corrected chi connectivity index (χ2v) is 5.82. The normalized spacial score (nSPS) is 10.7. The van der Waals surface area contributed by atoms with Crippen LogP contribution < -0.4 is 11.1 Å². The second-order valence-electron chi connectivity index (χ2n) is 4.96. The lowest BCUT2D eigenvalue weighted by molar-refractivity contribution is 0.0946. The summed E-state index contributed by atoms with van der Waals surface area (Å²) in [5, 5.41) is 2.82. The van der Waals surface area contributed by atoms with Crippen LogP contribution in [-0.2, 0) is 6.54 Å². The van der Waals surface area contributed by atoms with Gasteiger partial charge < -0.3 is 11.1 Å². The molecule has 1 heterocycles. The Labute approximate surface area is 132 Å². The van der Waals surface area contributed by atoms with E-state index in [1.54, 1.807) is 0 Å². The third-order valence-corrected chi connectivity index (χ3v) is 3.74. The fourth-order valence-electron chi connectivity index (χ4n) is 1.77. The first-order valence-electron chi connectivity index (χ1n) is 6.63. The zero-order valence-electron chi connectivity index (χ0n) is 11.9. The average Bonchev–Trinajstić information content (AvgIpc) is 2.46. The number of nitrogen functional groups attached to an aromatic ring is 1. The number of hydrogen-bond acceptors (Lipinski definition) is 4. The third kappa shape index (κ3) is 3.78. The van der Waals surface area contributed by atoms with Crippen LogP contribution in [0.2, 0.25) is 0 Å². The minimum atomic E-state index is -0.299. The number of nitrogens with zero attached hydrogens (tertiary/aromatic N) is 2. The van der Waals surface area contributed by atoms with Crippen molar-refractivity contribution in [2.75, 3.05) is 5.73 Å². The highest BCUT2D eigenvalue weighted by Crippen LogP contribution is 2.16. The summed E-state index contributed by atoms with van der Waals surface area (Å²) < 4.78 is 0.948. The fraction of sp³-hybridized carbons (Fsp3) is 0.267. The Hall–Kier alpha value is -1.95. The zero-order valence-corrected chi connectivity index (χ0v) is 13.5. The first kappa shape index (κ1) is 15.4. The average molecular weight is 349 g/mol. The van der Waals surface area contributed by atoms with Gasteiger partial charge in [0.15, 0.2) is 5.69 Å². The molecule has 1 amide bonds. The van der Waals surface area contributed by atoms with Crippen LogP contribution in [0.1, 0.15) is 41.6 Å². The maximum atomic E-state index is 12.2. The highest BCUT2D eigenvalue weighted by atomic mass is 79.9. The molecule has 0 aliphatic carbocycles. The van der Waals surface area contributed by atoms with Gasteiger partial charge in [0.1, 0.15) is 5.82 Å². The smallest absolute Gasteiger partial charge is 0.272 e. The highest BCUT2D eigenvalue weighted by molar-refractivity contribution is 9.10. The van der Waals surface area contributed by atoms with E-state index < -0.39 is 0 Å². The van der Waals surface area contributed by atoms with Gasteiger partial charge in [-0.15, -0.1) is 0 Å². The molecule has 2 rings (SSSR count). The number of rotatable bonds is 4. The monoisotopic (exact) mass is 348 g/mol. The molecule has 0 spiro atoms. The maximum Gasteiger partial charge on any atom is 0.272 e. The Morgan fingerprint density at radius 2 is 2.10 bits per heavy atom. The molecule has 2 aromatic rings. The van der Waals surface area contributed by atoms with E-state index in [1.165, 1.54) is 6.20 Å². The number of amides is 1. The summed E-state index contributed by atoms with van der Waals surface area (Å²) in [5.41, 5.74) is 7.29. The van der Waals surface area contributed by atoms with E-state index in [1.807, 2.05) is 38.1 Å². The highest BCUT2D eigenvalue weighted by Gasteiger charge is 2.15. The first-order chi connectivity index (χ1) is 9.99. The van der Waals surface area contributed by atoms with Crippen LogP contribution in [0.25, 0.3) is 0 Å². The number of nitrogens with two attached hydrogens (primary N) is 1. The Kier molecular flexibility index (Phi) is 4.90. The summed E-state index contributed by atoms with van der Waals surface area (Å²) in [6.07, 6.45) is 1.48. The molecule has 0 fully saturated rings. The zero-order chi connectivity index (χ0) is 15.4. The number of benzene rings is 1. The van der Waals surface area contributed by atoms with Crippen molar-refractivity contribution in [2.24, 2.45) is 0 Å². The molecule has 5 nitrogen and oxygen atoms in total. The van der Waals surface area contributed by atoms with Gasteiger partial charge >= 0.3 is 0 Å². The minimum absolute atomic E-state index is 0.139. The minimum Gasteiger partial charge on any atom is -0.396 e. The van der Waals surface area contributed by atoms with E-state index in [2.05, 4.69) is 31.2 Å². The number of carbonyl (C=O) groups excluding carboxylic acids is 1. The molecule has 0 aliphatic heterocycles. The summed E-state index contributed by atoms with van der Waals surface area (Å²) >= 11 is 3.45. The predicted octanol–water partition coefficient (Wildman–Crippen LogP) is 2.87. The Morgan fingerprint density at radius 1 is 1.38 bits per heavy atom. The molecule has 0 unspecified atom stereocenters. The molecular weight excluding hydrogens is 332 g/mol. The molecule has 0 saturated carbocycles. The van der Waals surface area contributed by atoms with Crippen molar-refractivity contribution < 1.29 is 4.79 Å². The molecule has 21 heavy (non-hydrogen) atoms. The lowest BCUT2D eigenvalue weighted by Gasteiger charge is -2.10. The number of anilines is 1. The van der Waals surface area contributed by atoms with Crippen LogP contribution in [0.15, 0.2) is 34.9 Å². The van der Waals surface area contributed by atoms with Crippen molar-refractivity contribution in [1.82, 2.24) is 15.3 Å². The van der Waals surface area contributed by atoms with Crippen molar-refractivity contribution in [3.05, 3.63) is 52.0 Å². The van der Waals surface area contributed by atoms with Gasteiger partial charge in [0, 0.05) is 16.9 Å². The molecule has 0 aliphatic rings. The summed E-state index contributed by atoms with van der Waals surface area (Å²) in [6.45, 7) is 4.34. The van der Waals surface area contributed by atoms with Crippen molar-refractivity contribution in [1.29, 1.82) is 0 Å². The standard InChI is InChI=1S/C15H17BrN4O/c1-9(2)14-18-8-12(17)13(20-14)15(21)19-7-10-5-3-4-6-11(10)16/h3-6,8-9H,7,17H2,1-2H3,(H,19,21). The Balaban J connectivity index is 2.14. The van der Waals surface area contributed by atoms with Gasteiger partial charge in [0.2, 0.25) is 0 Å². The van der Waals surface area contributed by atoms with Crippen molar-refractivity contribution in [2.45, 2.75) is 26.3 Å². The van der Waals surface area contributed by atoms with E-state index >= 15 is 0 Å². The van der Waals surface area contributed by atoms with Gasteiger partial charge in [-0.2, -0.15) is 0 Å². The number of carbonyl (C=O) groups is 1. The number of nitrogens with one attached hydrogen (secondary N) is 1. The molecule has 0 radical (unpaired) electrons. The summed E-state index contributed by atoms with van der Waals surface area (Å²) in [4.78, 5) is 20.6. The topological polar surface area (TPSA) is 80.9 Å². The van der Waals surface area contributed by atoms with Gasteiger partial charge in [-0.05, 0) is 11.6 Å². The van der Waals surface area contributed by atoms with Gasteiger partial charge in [-0.1, -0.05) is 48.0 Å². The van der Waals surface area contributed by atoms with Gasteiger partial charge in [0.25, 0.3) is 5.91 Å². The summed E-state index contributed by atoms with van der Waals surface area (Å²) in [6, 6.07) is 7.71. The lowest BCUT2D eigenvalue weighted by Crippen LogP contribution is -2.26. The lowest BCUT2D eigenvalue weighted by atomic mass is 10.2. The number of hydrogen-bond donors (Lipinski definition) is 2. The summed E-state index contributed by atoms with van der Waals surface area (Å²) in [7, 11) is 0. The molecule has 0 atom stereocenters. The Morgan fingerprint density at radius 3 is 2.76 bits per heavy atom. The van der Waals surface area contributed by atoms with Crippen LogP contribution >= 0.6 is 15.9 Å². The number of halogens is 1. The van der Waals surface area contributed by atoms with E-state index in [4.69, 9.17) is 5.73 Å². The molecule has 1 aromatic carbocycles. The van der Waals surface area contributed by atoms with E-state index in [-0.39, 0.29) is 23.2 Å². The fourth-order valence-corrected chi connectivity index (χ4v) is 2.19. The van der Waals surface area contributed by atoms with E-state index in [0.717, 1.165) is 10.0 Å². The summed E-state index contributed by atoms with van der Waals surface area (Å²) in [5.74, 6) is 0.447. The van der Waals surface area contributed by atoms with Crippen molar-refractivity contribution >= 4 is 27.5 Å². The second kappa shape index (κ2) is 6.67. The first-order valence-corrected chi connectivity index (χ1v) is 7.42. The molecule has 6 heteroatoms. The quantitative estimate of drug-likeness (QED) is 0.889. The van der Waals surface area contributed by atoms with E-state index in [0.29, 0.717) is 12.4 Å². The van der Waals surface area contributed by atoms with Crippen LogP contribution in [0, 0.1) is 0 Å². The predicted molar refractivity (Wildman–Crippen MR) is 85.8 cm³/mol. The van der Waals surface area contributed by atoms with Crippen LogP contribution in [0.5, 0.6) is 0 Å². The van der Waals surface area contributed by atoms with Gasteiger partial charge in [0.05, 0.1) is 11.9 Å².